The van der Waals surface area contributed by atoms with Crippen LogP contribution in [0, 0.1) is 57.5 Å². The van der Waals surface area contributed by atoms with E-state index >= 15 is 0 Å². The Labute approximate surface area is 114 Å². The number of rotatable bonds is 2. The third-order valence-corrected chi connectivity index (χ3v) is 1.80. The van der Waals surface area contributed by atoms with E-state index in [9.17, 15) is 0 Å². The molecule has 0 fully saturated rings. The fourth-order valence-electron chi connectivity index (χ4n) is 0.546. The molecule has 1 aromatic rings. The van der Waals surface area contributed by atoms with Gasteiger partial charge < -0.3 is 6.92 Å². The number of benzene rings is 1. The van der Waals surface area contributed by atoms with Crippen molar-refractivity contribution in [2.24, 2.45) is 5.92 Å². The minimum absolute atomic E-state index is 0. The summed E-state index contributed by atoms with van der Waals surface area (Å²) in [5.41, 5.74) is 0. The zero-order valence-electron chi connectivity index (χ0n) is 8.42. The van der Waals surface area contributed by atoms with Crippen molar-refractivity contribution >= 4 is 0 Å². The summed E-state index contributed by atoms with van der Waals surface area (Å²) in [6.07, 6.45) is 2.35. The molecule has 0 bridgehead atoms. The van der Waals surface area contributed by atoms with Gasteiger partial charge in [-0.15, -0.1) is 0 Å². The van der Waals surface area contributed by atoms with Gasteiger partial charge in [0.1, 0.15) is 0 Å². The summed E-state index contributed by atoms with van der Waals surface area (Å²) in [4.78, 5) is 0. The van der Waals surface area contributed by atoms with Crippen molar-refractivity contribution in [2.45, 2.75) is 26.7 Å². The SMILES string of the molecule is [CH2-]CC(C)CC.[Tb].[c-]1ccccc1. The fraction of sp³-hybridized carbons (Fsp3) is 0.417. The smallest absolute Gasteiger partial charge is 0 e. The molecule has 0 aliphatic heterocycles. The van der Waals surface area contributed by atoms with Crippen LogP contribution in [0.25, 0.3) is 0 Å². The topological polar surface area (TPSA) is 0 Å². The third-order valence-electron chi connectivity index (χ3n) is 1.80. The minimum atomic E-state index is 0. The molecule has 1 heteroatoms. The van der Waals surface area contributed by atoms with Crippen molar-refractivity contribution in [1.29, 1.82) is 0 Å². The van der Waals surface area contributed by atoms with Crippen molar-refractivity contribution in [3.05, 3.63) is 43.3 Å². The second-order valence-electron chi connectivity index (χ2n) is 2.88. The van der Waals surface area contributed by atoms with E-state index in [1.54, 1.807) is 0 Å². The zero-order valence-corrected chi connectivity index (χ0v) is 10.6. The Morgan fingerprint density at radius 2 is 1.77 bits per heavy atom. The van der Waals surface area contributed by atoms with Crippen LogP contribution in [-0.4, -0.2) is 0 Å². The first kappa shape index (κ1) is 16.0. The second-order valence-corrected chi connectivity index (χ2v) is 2.88. The first-order chi connectivity index (χ1) is 5.81. The van der Waals surface area contributed by atoms with Gasteiger partial charge >= 0.3 is 0 Å². The first-order valence-electron chi connectivity index (χ1n) is 4.51. The summed E-state index contributed by atoms with van der Waals surface area (Å²) in [6, 6.07) is 12.5. The van der Waals surface area contributed by atoms with E-state index in [0.29, 0.717) is 0 Å². The molecule has 1 radical (unpaired) electrons. The van der Waals surface area contributed by atoms with E-state index in [-0.39, 0.29) is 38.6 Å². The van der Waals surface area contributed by atoms with Gasteiger partial charge in [-0.2, -0.15) is 42.8 Å². The Bertz CT molecular complexity index is 129. The van der Waals surface area contributed by atoms with E-state index < -0.39 is 0 Å². The van der Waals surface area contributed by atoms with Crippen LogP contribution in [0.15, 0.2) is 30.3 Å². The first-order valence-corrected chi connectivity index (χ1v) is 4.51. The normalized spacial score (nSPS) is 10.4. The number of hydrogen-bond acceptors (Lipinski definition) is 0. The van der Waals surface area contributed by atoms with Gasteiger partial charge in [-0.1, -0.05) is 26.2 Å². The second kappa shape index (κ2) is 12.5. The van der Waals surface area contributed by atoms with Gasteiger partial charge in [-0.25, -0.2) is 0 Å². The molecule has 1 aromatic carbocycles. The van der Waals surface area contributed by atoms with E-state index in [1.807, 2.05) is 30.3 Å². The molecule has 0 heterocycles. The standard InChI is InChI=1S/C6H5.C6H13.Tb/c1-2-4-6-5-3-1;1-4-6(3)5-2;/h1-5H;6H,1,4-5H2,2-3H3;/q2*-1;. The molecule has 0 N–H and O–H groups in total. The van der Waals surface area contributed by atoms with Crippen molar-refractivity contribution < 1.29 is 38.6 Å². The summed E-state index contributed by atoms with van der Waals surface area (Å²) in [5, 5.41) is 0. The van der Waals surface area contributed by atoms with E-state index in [4.69, 9.17) is 0 Å². The summed E-state index contributed by atoms with van der Waals surface area (Å²) < 4.78 is 0. The molecule has 0 aromatic heterocycles. The Hall–Kier alpha value is 0.506. The molecule has 1 atom stereocenters. The molecule has 0 saturated carbocycles. The van der Waals surface area contributed by atoms with Crippen LogP contribution < -0.4 is 0 Å². The maximum absolute atomic E-state index is 3.76. The molecular weight excluding hydrogens is 303 g/mol. The summed E-state index contributed by atoms with van der Waals surface area (Å²) in [6.45, 7) is 8.16. The van der Waals surface area contributed by atoms with Gasteiger partial charge in [0.15, 0.2) is 0 Å². The van der Waals surface area contributed by atoms with Gasteiger partial charge in [0.25, 0.3) is 0 Å². The van der Waals surface area contributed by atoms with Crippen LogP contribution in [-0.2, 0) is 0 Å². The maximum atomic E-state index is 3.76. The van der Waals surface area contributed by atoms with Crippen LogP contribution in [0.3, 0.4) is 0 Å². The third kappa shape index (κ3) is 12.5. The average molecular weight is 321 g/mol. The predicted molar refractivity (Wildman–Crippen MR) is 54.7 cm³/mol. The Morgan fingerprint density at radius 1 is 1.23 bits per heavy atom. The van der Waals surface area contributed by atoms with Crippen LogP contribution in [0.1, 0.15) is 26.7 Å². The Morgan fingerprint density at radius 3 is 1.85 bits per heavy atom. The van der Waals surface area contributed by atoms with E-state index in [0.717, 1.165) is 12.3 Å². The monoisotopic (exact) mass is 321 g/mol. The van der Waals surface area contributed by atoms with Crippen LogP contribution in [0.4, 0.5) is 0 Å². The van der Waals surface area contributed by atoms with Crippen LogP contribution >= 0.6 is 0 Å². The molecule has 13 heavy (non-hydrogen) atoms. The molecule has 0 nitrogen and oxygen atoms in total. The van der Waals surface area contributed by atoms with E-state index in [1.165, 1.54) is 6.42 Å². The van der Waals surface area contributed by atoms with Crippen molar-refractivity contribution in [2.75, 3.05) is 0 Å². The molecule has 1 rings (SSSR count). The van der Waals surface area contributed by atoms with Crippen LogP contribution in [0.2, 0.25) is 0 Å². The minimum Gasteiger partial charge on any atom is -0.343 e. The maximum Gasteiger partial charge on any atom is 0 e. The van der Waals surface area contributed by atoms with Gasteiger partial charge in [-0.3, -0.25) is 0 Å². The zero-order chi connectivity index (χ0) is 9.23. The van der Waals surface area contributed by atoms with Gasteiger partial charge in [-0.05, 0) is 0 Å². The summed E-state index contributed by atoms with van der Waals surface area (Å²) in [5.74, 6) is 0.824. The molecule has 77 valence electrons. The molecule has 1 unspecified atom stereocenters. The molecular formula is C12H18Tb-2. The van der Waals surface area contributed by atoms with Gasteiger partial charge in [0.05, 0.1) is 0 Å². The molecule has 0 aliphatic rings. The average Bonchev–Trinajstić information content (AvgIpc) is 2.20. The molecule has 0 aliphatic carbocycles. The Kier molecular flexibility index (Phi) is 15.3. The fourth-order valence-corrected chi connectivity index (χ4v) is 0.546. The largest absolute Gasteiger partial charge is 0.343 e. The molecule has 0 spiro atoms. The summed E-state index contributed by atoms with van der Waals surface area (Å²) in [7, 11) is 0. The summed E-state index contributed by atoms with van der Waals surface area (Å²) >= 11 is 0. The quantitative estimate of drug-likeness (QED) is 0.728. The van der Waals surface area contributed by atoms with Crippen molar-refractivity contribution in [1.82, 2.24) is 0 Å². The van der Waals surface area contributed by atoms with Gasteiger partial charge in [0, 0.05) is 38.6 Å². The molecule has 0 saturated heterocycles. The van der Waals surface area contributed by atoms with E-state index in [2.05, 4.69) is 26.8 Å². The predicted octanol–water partition coefficient (Wildman–Crippen LogP) is 3.74. The van der Waals surface area contributed by atoms with Gasteiger partial charge in [0.2, 0.25) is 0 Å². The van der Waals surface area contributed by atoms with Crippen molar-refractivity contribution in [3.8, 4) is 0 Å². The van der Waals surface area contributed by atoms with Crippen molar-refractivity contribution in [3.63, 3.8) is 0 Å². The Balaban J connectivity index is 0. The molecule has 0 amide bonds. The van der Waals surface area contributed by atoms with Crippen LogP contribution in [0.5, 0.6) is 0 Å². The number of hydrogen-bond donors (Lipinski definition) is 0.